The number of anilines is 1. The highest BCUT2D eigenvalue weighted by Gasteiger charge is 2.36. The van der Waals surface area contributed by atoms with Gasteiger partial charge in [-0.15, -0.1) is 0 Å². The van der Waals surface area contributed by atoms with Crippen LogP contribution in [0.15, 0.2) is 24.5 Å². The summed E-state index contributed by atoms with van der Waals surface area (Å²) >= 11 is 0. The second-order valence-electron chi connectivity index (χ2n) is 9.91. The molecule has 0 spiro atoms. The lowest BCUT2D eigenvalue weighted by Gasteiger charge is -2.47. The third-order valence-corrected chi connectivity index (χ3v) is 7.35. The predicted molar refractivity (Wildman–Crippen MR) is 121 cm³/mol. The third-order valence-electron chi connectivity index (χ3n) is 7.35. The Labute approximate surface area is 183 Å². The molecule has 0 radical (unpaired) electrons. The molecule has 2 saturated heterocycles. The van der Waals surface area contributed by atoms with Crippen molar-refractivity contribution < 1.29 is 4.79 Å². The maximum atomic E-state index is 11.6. The van der Waals surface area contributed by atoms with Crippen molar-refractivity contribution in [1.82, 2.24) is 24.7 Å². The van der Waals surface area contributed by atoms with Gasteiger partial charge in [0.25, 0.3) is 0 Å². The zero-order chi connectivity index (χ0) is 21.6. The van der Waals surface area contributed by atoms with Gasteiger partial charge in [0.15, 0.2) is 0 Å². The topological polar surface area (TPSA) is 80.0 Å². The molecule has 5 rings (SSSR count). The SMILES string of the molecule is C[C@H]1CN(Cc2ccn3ncc(N4CCC(=O)NC4=N)c3c2)CCN1CC1(C)CCC1. The monoisotopic (exact) mass is 423 g/mol. The smallest absolute Gasteiger partial charge is 0.228 e. The number of aromatic nitrogens is 2. The van der Waals surface area contributed by atoms with Crippen LogP contribution in [0.2, 0.25) is 0 Å². The van der Waals surface area contributed by atoms with Gasteiger partial charge in [-0.1, -0.05) is 13.3 Å². The summed E-state index contributed by atoms with van der Waals surface area (Å²) in [5.41, 5.74) is 3.65. The van der Waals surface area contributed by atoms with Crippen LogP contribution in [0.1, 0.15) is 45.1 Å². The van der Waals surface area contributed by atoms with Crippen molar-refractivity contribution in [2.45, 2.75) is 52.1 Å². The fourth-order valence-electron chi connectivity index (χ4n) is 5.28. The maximum Gasteiger partial charge on any atom is 0.228 e. The van der Waals surface area contributed by atoms with E-state index in [0.717, 1.165) is 37.4 Å². The summed E-state index contributed by atoms with van der Waals surface area (Å²) in [6, 6.07) is 4.90. The molecule has 0 unspecified atom stereocenters. The highest BCUT2D eigenvalue weighted by atomic mass is 16.2. The van der Waals surface area contributed by atoms with Crippen LogP contribution >= 0.6 is 0 Å². The standard InChI is InChI=1S/C23H33N7O/c1-17-14-27(10-11-28(17)16-23(2)6-3-7-23)15-18-4-9-30-19(12-18)20(13-25-30)29-8-5-21(31)26-22(29)24/h4,9,12-13,17H,3,5-8,10-11,14-16H2,1-2H3,(H2,24,26,31)/t17-/m0/s1. The van der Waals surface area contributed by atoms with Crippen LogP contribution in [-0.4, -0.2) is 70.0 Å². The number of nitrogens with one attached hydrogen (secondary N) is 2. The predicted octanol–water partition coefficient (Wildman–Crippen LogP) is 2.29. The van der Waals surface area contributed by atoms with Gasteiger partial charge in [0.2, 0.25) is 11.9 Å². The molecule has 3 fully saturated rings. The minimum Gasteiger partial charge on any atom is -0.309 e. The summed E-state index contributed by atoms with van der Waals surface area (Å²) in [7, 11) is 0. The minimum atomic E-state index is -0.0991. The van der Waals surface area contributed by atoms with E-state index in [1.54, 1.807) is 6.20 Å². The van der Waals surface area contributed by atoms with Crippen molar-refractivity contribution in [2.24, 2.45) is 5.41 Å². The Hall–Kier alpha value is -2.45. The molecular formula is C23H33N7O. The van der Waals surface area contributed by atoms with E-state index in [-0.39, 0.29) is 11.9 Å². The quantitative estimate of drug-likeness (QED) is 0.771. The van der Waals surface area contributed by atoms with Gasteiger partial charge >= 0.3 is 0 Å². The van der Waals surface area contributed by atoms with Gasteiger partial charge in [0, 0.05) is 57.9 Å². The molecule has 1 aliphatic carbocycles. The van der Waals surface area contributed by atoms with Crippen LogP contribution in [-0.2, 0) is 11.3 Å². The normalized spacial score (nSPS) is 25.0. The molecule has 0 bridgehead atoms. The highest BCUT2D eigenvalue weighted by Crippen LogP contribution is 2.41. The van der Waals surface area contributed by atoms with E-state index in [1.165, 1.54) is 31.4 Å². The summed E-state index contributed by atoms with van der Waals surface area (Å²) < 4.78 is 1.85. The first kappa shape index (κ1) is 20.5. The number of amides is 1. The molecule has 166 valence electrons. The van der Waals surface area contributed by atoms with Gasteiger partial charge in [-0.3, -0.25) is 25.3 Å². The lowest BCUT2D eigenvalue weighted by atomic mass is 9.70. The number of rotatable bonds is 5. The Morgan fingerprint density at radius 2 is 2.13 bits per heavy atom. The molecule has 2 aliphatic heterocycles. The van der Waals surface area contributed by atoms with Crippen molar-refractivity contribution in [3.8, 4) is 0 Å². The summed E-state index contributed by atoms with van der Waals surface area (Å²) in [6.45, 7) is 10.8. The Kier molecular flexibility index (Phi) is 5.22. The number of hydrogen-bond donors (Lipinski definition) is 2. The fraction of sp³-hybridized carbons (Fsp3) is 0.609. The van der Waals surface area contributed by atoms with E-state index in [0.29, 0.717) is 24.4 Å². The van der Waals surface area contributed by atoms with Gasteiger partial charge < -0.3 is 4.90 Å². The van der Waals surface area contributed by atoms with Crippen molar-refractivity contribution in [3.05, 3.63) is 30.1 Å². The van der Waals surface area contributed by atoms with Crippen molar-refractivity contribution in [3.63, 3.8) is 0 Å². The number of pyridine rings is 1. The zero-order valence-corrected chi connectivity index (χ0v) is 18.6. The van der Waals surface area contributed by atoms with Crippen molar-refractivity contribution in [2.75, 3.05) is 37.6 Å². The van der Waals surface area contributed by atoms with Gasteiger partial charge in [0.1, 0.15) is 0 Å². The number of carbonyl (C=O) groups excluding carboxylic acids is 1. The Morgan fingerprint density at radius 3 is 2.84 bits per heavy atom. The molecule has 31 heavy (non-hydrogen) atoms. The molecule has 1 atom stereocenters. The van der Waals surface area contributed by atoms with Crippen LogP contribution in [0, 0.1) is 10.8 Å². The average molecular weight is 424 g/mol. The Balaban J connectivity index is 1.27. The first-order valence-electron chi connectivity index (χ1n) is 11.5. The molecule has 2 aromatic heterocycles. The maximum absolute atomic E-state index is 11.6. The lowest BCUT2D eigenvalue weighted by Crippen LogP contribution is -2.54. The molecular weight excluding hydrogens is 390 g/mol. The molecule has 2 aromatic rings. The van der Waals surface area contributed by atoms with E-state index >= 15 is 0 Å². The van der Waals surface area contributed by atoms with Crippen LogP contribution < -0.4 is 10.2 Å². The van der Waals surface area contributed by atoms with Crippen LogP contribution in [0.5, 0.6) is 0 Å². The number of fused-ring (bicyclic) bond motifs is 1. The zero-order valence-electron chi connectivity index (χ0n) is 18.6. The average Bonchev–Trinajstić information content (AvgIpc) is 3.12. The van der Waals surface area contributed by atoms with Gasteiger partial charge in [-0.2, -0.15) is 5.10 Å². The summed E-state index contributed by atoms with van der Waals surface area (Å²) in [4.78, 5) is 18.6. The second-order valence-corrected chi connectivity index (χ2v) is 9.91. The molecule has 8 nitrogen and oxygen atoms in total. The van der Waals surface area contributed by atoms with E-state index < -0.39 is 0 Å². The lowest BCUT2D eigenvalue weighted by molar-refractivity contribution is -0.119. The molecule has 2 N–H and O–H groups in total. The molecule has 1 saturated carbocycles. The summed E-state index contributed by atoms with van der Waals surface area (Å²) in [5.74, 6) is 0.0274. The van der Waals surface area contributed by atoms with E-state index in [9.17, 15) is 4.79 Å². The molecule has 8 heteroatoms. The van der Waals surface area contributed by atoms with E-state index in [1.807, 2.05) is 15.6 Å². The number of hydrogen-bond acceptors (Lipinski definition) is 5. The highest BCUT2D eigenvalue weighted by molar-refractivity contribution is 6.08. The van der Waals surface area contributed by atoms with E-state index in [2.05, 4.69) is 46.2 Å². The fourth-order valence-corrected chi connectivity index (χ4v) is 5.28. The van der Waals surface area contributed by atoms with E-state index in [4.69, 9.17) is 5.41 Å². The molecule has 4 heterocycles. The number of piperazine rings is 1. The van der Waals surface area contributed by atoms with Crippen LogP contribution in [0.25, 0.3) is 5.52 Å². The minimum absolute atomic E-state index is 0.0991. The van der Waals surface area contributed by atoms with Crippen molar-refractivity contribution in [1.29, 1.82) is 5.41 Å². The third kappa shape index (κ3) is 4.06. The largest absolute Gasteiger partial charge is 0.309 e. The molecule has 0 aromatic carbocycles. The Morgan fingerprint density at radius 1 is 1.29 bits per heavy atom. The first-order chi connectivity index (χ1) is 14.9. The molecule has 1 amide bonds. The molecule has 3 aliphatic rings. The Bertz CT molecular complexity index is 995. The van der Waals surface area contributed by atoms with Crippen molar-refractivity contribution >= 4 is 23.1 Å². The second kappa shape index (κ2) is 7.91. The summed E-state index contributed by atoms with van der Waals surface area (Å²) in [5, 5.41) is 15.2. The van der Waals surface area contributed by atoms with Crippen LogP contribution in [0.3, 0.4) is 0 Å². The number of guanidine groups is 1. The number of nitrogens with zero attached hydrogens (tertiary/aromatic N) is 5. The van der Waals surface area contributed by atoms with Gasteiger partial charge in [-0.05, 0) is 42.9 Å². The summed E-state index contributed by atoms with van der Waals surface area (Å²) in [6.07, 6.45) is 8.33. The number of carbonyl (C=O) groups is 1. The van der Waals surface area contributed by atoms with Gasteiger partial charge in [-0.25, -0.2) is 4.52 Å². The van der Waals surface area contributed by atoms with Crippen LogP contribution in [0.4, 0.5) is 5.69 Å². The first-order valence-corrected chi connectivity index (χ1v) is 11.5. The van der Waals surface area contributed by atoms with Gasteiger partial charge in [0.05, 0.1) is 17.4 Å².